The molecule has 1 aromatic rings. The van der Waals surface area contributed by atoms with Crippen LogP contribution in [0.1, 0.15) is 25.0 Å². The molecular formula is C16H27ClN2O2. The van der Waals surface area contributed by atoms with Gasteiger partial charge in [-0.1, -0.05) is 25.1 Å². The molecule has 2 unspecified atom stereocenters. The van der Waals surface area contributed by atoms with Gasteiger partial charge in [0.05, 0.1) is 6.04 Å². The molecule has 0 fully saturated rings. The van der Waals surface area contributed by atoms with E-state index in [0.717, 1.165) is 16.9 Å². The normalized spacial score (nSPS) is 13.0. The monoisotopic (exact) mass is 314 g/mol. The quantitative estimate of drug-likeness (QED) is 0.813. The third kappa shape index (κ3) is 6.36. The topological polar surface area (TPSA) is 50.4 Å². The van der Waals surface area contributed by atoms with E-state index in [9.17, 15) is 4.79 Å². The van der Waals surface area contributed by atoms with Gasteiger partial charge >= 0.3 is 0 Å². The molecule has 2 N–H and O–H groups in total. The minimum Gasteiger partial charge on any atom is -0.491 e. The van der Waals surface area contributed by atoms with E-state index in [1.807, 2.05) is 52.9 Å². The molecule has 0 aliphatic rings. The Morgan fingerprint density at radius 2 is 1.81 bits per heavy atom. The van der Waals surface area contributed by atoms with Gasteiger partial charge in [0.25, 0.3) is 0 Å². The number of nitrogens with one attached hydrogen (secondary N) is 2. The number of hydrogen-bond donors (Lipinski definition) is 2. The average Bonchev–Trinajstić information content (AvgIpc) is 2.38. The molecule has 4 nitrogen and oxygen atoms in total. The van der Waals surface area contributed by atoms with Crippen LogP contribution in [0, 0.1) is 19.8 Å². The zero-order valence-corrected chi connectivity index (χ0v) is 14.3. The van der Waals surface area contributed by atoms with E-state index in [-0.39, 0.29) is 30.3 Å². The second-order valence-electron chi connectivity index (χ2n) is 5.40. The zero-order chi connectivity index (χ0) is 15.1. The smallest absolute Gasteiger partial charge is 0.224 e. The van der Waals surface area contributed by atoms with Crippen LogP contribution in [0.4, 0.5) is 0 Å². The van der Waals surface area contributed by atoms with Crippen molar-refractivity contribution in [1.29, 1.82) is 0 Å². The lowest BCUT2D eigenvalue weighted by Gasteiger charge is -2.19. The summed E-state index contributed by atoms with van der Waals surface area (Å²) >= 11 is 0. The molecular weight excluding hydrogens is 288 g/mol. The summed E-state index contributed by atoms with van der Waals surface area (Å²) in [6.45, 7) is 9.07. The highest BCUT2D eigenvalue weighted by atomic mass is 35.5. The van der Waals surface area contributed by atoms with E-state index in [1.165, 1.54) is 0 Å². The molecule has 1 amide bonds. The van der Waals surface area contributed by atoms with Crippen molar-refractivity contribution in [2.24, 2.45) is 5.92 Å². The molecule has 0 saturated heterocycles. The van der Waals surface area contributed by atoms with Gasteiger partial charge in [0.2, 0.25) is 5.91 Å². The van der Waals surface area contributed by atoms with E-state index >= 15 is 0 Å². The number of carbonyl (C=O) groups excluding carboxylic acids is 1. The molecule has 0 aromatic heterocycles. The molecule has 0 aliphatic carbocycles. The molecule has 21 heavy (non-hydrogen) atoms. The number of carbonyl (C=O) groups is 1. The summed E-state index contributed by atoms with van der Waals surface area (Å²) < 4.78 is 5.84. The summed E-state index contributed by atoms with van der Waals surface area (Å²) in [6, 6.07) is 6.06. The van der Waals surface area contributed by atoms with Gasteiger partial charge in [0.1, 0.15) is 12.4 Å². The van der Waals surface area contributed by atoms with Crippen LogP contribution in [0.5, 0.6) is 5.75 Å². The fourth-order valence-electron chi connectivity index (χ4n) is 2.06. The van der Waals surface area contributed by atoms with Gasteiger partial charge < -0.3 is 15.4 Å². The molecule has 0 bridgehead atoms. The summed E-state index contributed by atoms with van der Waals surface area (Å²) in [6.07, 6.45) is 0. The van der Waals surface area contributed by atoms with Crippen molar-refractivity contribution in [1.82, 2.24) is 10.6 Å². The van der Waals surface area contributed by atoms with Crippen LogP contribution in [0.3, 0.4) is 0 Å². The molecule has 1 aromatic carbocycles. The van der Waals surface area contributed by atoms with Crippen molar-refractivity contribution in [3.63, 3.8) is 0 Å². The van der Waals surface area contributed by atoms with E-state index in [2.05, 4.69) is 10.6 Å². The maximum absolute atomic E-state index is 11.9. The molecule has 0 heterocycles. The lowest BCUT2D eigenvalue weighted by molar-refractivity contribution is -0.125. The Morgan fingerprint density at radius 3 is 2.33 bits per heavy atom. The summed E-state index contributed by atoms with van der Waals surface area (Å²) in [4.78, 5) is 11.9. The highest BCUT2D eigenvalue weighted by Gasteiger charge is 2.15. The zero-order valence-electron chi connectivity index (χ0n) is 13.5. The number of para-hydroxylation sites is 1. The van der Waals surface area contributed by atoms with E-state index in [4.69, 9.17) is 4.74 Å². The van der Waals surface area contributed by atoms with E-state index in [1.54, 1.807) is 0 Å². The number of hydrogen-bond acceptors (Lipinski definition) is 3. The van der Waals surface area contributed by atoms with Gasteiger partial charge in [-0.3, -0.25) is 4.79 Å². The van der Waals surface area contributed by atoms with Crippen molar-refractivity contribution < 1.29 is 9.53 Å². The van der Waals surface area contributed by atoms with Crippen LogP contribution in [0.15, 0.2) is 18.2 Å². The maximum atomic E-state index is 11.9. The first-order valence-electron chi connectivity index (χ1n) is 7.09. The predicted molar refractivity (Wildman–Crippen MR) is 89.4 cm³/mol. The number of benzene rings is 1. The number of ether oxygens (including phenoxy) is 1. The predicted octanol–water partition coefficient (Wildman–Crippen LogP) is 2.46. The average molecular weight is 315 g/mol. The first-order valence-corrected chi connectivity index (χ1v) is 7.09. The lowest BCUT2D eigenvalue weighted by atomic mass is 10.1. The third-order valence-corrected chi connectivity index (χ3v) is 3.23. The van der Waals surface area contributed by atoms with Crippen molar-refractivity contribution >= 4 is 18.3 Å². The van der Waals surface area contributed by atoms with Crippen molar-refractivity contribution in [3.8, 4) is 5.75 Å². The van der Waals surface area contributed by atoms with Crippen LogP contribution >= 0.6 is 12.4 Å². The number of amides is 1. The molecule has 2 atom stereocenters. The van der Waals surface area contributed by atoms with Crippen molar-refractivity contribution in [3.05, 3.63) is 29.3 Å². The Kier molecular flexibility index (Phi) is 9.06. The third-order valence-electron chi connectivity index (χ3n) is 3.23. The van der Waals surface area contributed by atoms with Gasteiger partial charge in [-0.15, -0.1) is 12.4 Å². The van der Waals surface area contributed by atoms with Crippen LogP contribution < -0.4 is 15.4 Å². The summed E-state index contributed by atoms with van der Waals surface area (Å²) in [5, 5.41) is 5.97. The SMILES string of the molecule is CNCC(C)C(=O)NC(C)COc1c(C)cccc1C.Cl. The Balaban J connectivity index is 0.00000400. The molecule has 120 valence electrons. The van der Waals surface area contributed by atoms with E-state index in [0.29, 0.717) is 13.2 Å². The Morgan fingerprint density at radius 1 is 1.24 bits per heavy atom. The Labute approximate surface area is 134 Å². The minimum absolute atomic E-state index is 0. The van der Waals surface area contributed by atoms with Gasteiger partial charge in [0.15, 0.2) is 0 Å². The van der Waals surface area contributed by atoms with Crippen molar-refractivity contribution in [2.45, 2.75) is 33.7 Å². The number of halogens is 1. The lowest BCUT2D eigenvalue weighted by Crippen LogP contribution is -2.42. The van der Waals surface area contributed by atoms with Gasteiger partial charge in [-0.05, 0) is 38.9 Å². The summed E-state index contributed by atoms with van der Waals surface area (Å²) in [7, 11) is 1.84. The van der Waals surface area contributed by atoms with Gasteiger partial charge in [0, 0.05) is 12.5 Å². The van der Waals surface area contributed by atoms with Crippen LogP contribution in [0.25, 0.3) is 0 Å². The molecule has 0 radical (unpaired) electrons. The molecule has 0 saturated carbocycles. The second-order valence-corrected chi connectivity index (χ2v) is 5.40. The first kappa shape index (κ1) is 19.7. The fourth-order valence-corrected chi connectivity index (χ4v) is 2.06. The Bertz CT molecular complexity index is 432. The number of aryl methyl sites for hydroxylation is 2. The Hall–Kier alpha value is -1.26. The summed E-state index contributed by atoms with van der Waals surface area (Å²) in [5.74, 6) is 0.927. The van der Waals surface area contributed by atoms with Gasteiger partial charge in [-0.2, -0.15) is 0 Å². The first-order chi connectivity index (χ1) is 9.45. The standard InChI is InChI=1S/C16H26N2O2.ClH/c1-11-7-6-8-12(2)15(11)20-10-14(4)18-16(19)13(3)9-17-5;/h6-8,13-14,17H,9-10H2,1-5H3,(H,18,19);1H. The van der Waals surface area contributed by atoms with E-state index < -0.39 is 0 Å². The van der Waals surface area contributed by atoms with Crippen LogP contribution in [-0.4, -0.2) is 32.1 Å². The maximum Gasteiger partial charge on any atom is 0.224 e. The highest BCUT2D eigenvalue weighted by molar-refractivity contribution is 5.85. The summed E-state index contributed by atoms with van der Waals surface area (Å²) in [5.41, 5.74) is 2.24. The molecule has 0 aliphatic heterocycles. The van der Waals surface area contributed by atoms with Crippen molar-refractivity contribution in [2.75, 3.05) is 20.2 Å². The molecule has 5 heteroatoms. The fraction of sp³-hybridized carbons (Fsp3) is 0.562. The number of rotatable bonds is 7. The largest absolute Gasteiger partial charge is 0.491 e. The second kappa shape index (κ2) is 9.64. The van der Waals surface area contributed by atoms with Crippen LogP contribution in [0.2, 0.25) is 0 Å². The van der Waals surface area contributed by atoms with Crippen LogP contribution in [-0.2, 0) is 4.79 Å². The minimum atomic E-state index is -0.0392. The molecule has 1 rings (SSSR count). The van der Waals surface area contributed by atoms with Gasteiger partial charge in [-0.25, -0.2) is 0 Å². The highest BCUT2D eigenvalue weighted by Crippen LogP contribution is 2.22. The molecule has 0 spiro atoms.